The van der Waals surface area contributed by atoms with Crippen LogP contribution in [0.1, 0.15) is 40.7 Å². The summed E-state index contributed by atoms with van der Waals surface area (Å²) in [4.78, 5) is 30.7. The lowest BCUT2D eigenvalue weighted by molar-refractivity contribution is -0.116. The quantitative estimate of drug-likeness (QED) is 0.771. The Morgan fingerprint density at radius 2 is 1.93 bits per heavy atom. The molecule has 3 heterocycles. The van der Waals surface area contributed by atoms with Gasteiger partial charge in [0.2, 0.25) is 15.9 Å². The van der Waals surface area contributed by atoms with Gasteiger partial charge >= 0.3 is 0 Å². The first-order valence-electron chi connectivity index (χ1n) is 9.89. The Morgan fingerprint density at radius 1 is 1.20 bits per heavy atom. The molecule has 10 heteroatoms. The van der Waals surface area contributed by atoms with Crippen LogP contribution in [0.4, 0.5) is 5.69 Å². The molecule has 0 saturated carbocycles. The fraction of sp³-hybridized carbons (Fsp3) is 0.450. The number of carbonyl (C=O) groups is 2. The Balaban J connectivity index is 1.41. The Hall–Kier alpha value is -2.30. The van der Waals surface area contributed by atoms with Crippen molar-refractivity contribution in [3.05, 3.63) is 39.8 Å². The molecule has 30 heavy (non-hydrogen) atoms. The summed E-state index contributed by atoms with van der Waals surface area (Å²) in [5.41, 5.74) is 4.03. The van der Waals surface area contributed by atoms with Gasteiger partial charge in [-0.1, -0.05) is 0 Å². The van der Waals surface area contributed by atoms with Gasteiger partial charge in [0.15, 0.2) is 0 Å². The number of aromatic nitrogens is 1. The molecule has 8 nitrogen and oxygen atoms in total. The van der Waals surface area contributed by atoms with Crippen molar-refractivity contribution in [2.24, 2.45) is 0 Å². The van der Waals surface area contributed by atoms with Crippen molar-refractivity contribution in [2.45, 2.75) is 44.0 Å². The van der Waals surface area contributed by atoms with Gasteiger partial charge in [-0.2, -0.15) is 4.31 Å². The lowest BCUT2D eigenvalue weighted by Crippen LogP contribution is -2.46. The van der Waals surface area contributed by atoms with Gasteiger partial charge in [0, 0.05) is 38.3 Å². The lowest BCUT2D eigenvalue weighted by atomic mass is 10.1. The maximum absolute atomic E-state index is 13.1. The second-order valence-corrected chi connectivity index (χ2v) is 10.4. The first-order valence-corrected chi connectivity index (χ1v) is 12.2. The number of nitrogens with zero attached hydrogens (tertiary/aromatic N) is 3. The zero-order valence-electron chi connectivity index (χ0n) is 16.9. The van der Waals surface area contributed by atoms with E-state index < -0.39 is 10.0 Å². The van der Waals surface area contributed by atoms with E-state index in [-0.39, 0.29) is 22.8 Å². The third kappa shape index (κ3) is 3.86. The normalized spacial score (nSPS) is 17.7. The van der Waals surface area contributed by atoms with Gasteiger partial charge in [-0.15, -0.1) is 11.3 Å². The Morgan fingerprint density at radius 3 is 2.57 bits per heavy atom. The van der Waals surface area contributed by atoms with Gasteiger partial charge < -0.3 is 10.2 Å². The minimum Gasteiger partial charge on any atom is -0.348 e. The highest BCUT2D eigenvalue weighted by Crippen LogP contribution is 2.31. The zero-order valence-corrected chi connectivity index (χ0v) is 18.6. The molecule has 0 atom stereocenters. The molecule has 1 N–H and O–H groups in total. The van der Waals surface area contributed by atoms with E-state index in [0.717, 1.165) is 11.3 Å². The molecule has 1 aromatic heterocycles. The van der Waals surface area contributed by atoms with Crippen LogP contribution in [0.3, 0.4) is 0 Å². The van der Waals surface area contributed by atoms with Crippen molar-refractivity contribution in [1.29, 1.82) is 0 Å². The van der Waals surface area contributed by atoms with Crippen molar-refractivity contribution in [3.8, 4) is 0 Å². The number of thiazole rings is 1. The van der Waals surface area contributed by atoms with E-state index in [4.69, 9.17) is 0 Å². The van der Waals surface area contributed by atoms with Gasteiger partial charge in [-0.25, -0.2) is 13.4 Å². The van der Waals surface area contributed by atoms with Crippen molar-refractivity contribution in [2.75, 3.05) is 24.5 Å². The number of nitrogens with one attached hydrogen (secondary N) is 1. The Bertz CT molecular complexity index is 1090. The number of hydrogen-bond donors (Lipinski definition) is 1. The number of rotatable bonds is 4. The second-order valence-electron chi connectivity index (χ2n) is 7.63. The summed E-state index contributed by atoms with van der Waals surface area (Å²) in [6, 6.07) is 4.93. The monoisotopic (exact) mass is 448 g/mol. The second kappa shape index (κ2) is 8.09. The number of carbonyl (C=O) groups excluding carboxylic acids is 2. The zero-order chi connectivity index (χ0) is 21.5. The first-order chi connectivity index (χ1) is 14.3. The molecular weight excluding hydrogens is 424 g/mol. The fourth-order valence-corrected chi connectivity index (χ4v) is 6.25. The lowest BCUT2D eigenvalue weighted by Gasteiger charge is -2.31. The average Bonchev–Trinajstić information content (AvgIpc) is 3.34. The molecule has 160 valence electrons. The summed E-state index contributed by atoms with van der Waals surface area (Å²) in [5.74, 6) is -0.188. The van der Waals surface area contributed by atoms with Gasteiger partial charge in [0.05, 0.1) is 16.1 Å². The number of anilines is 1. The summed E-state index contributed by atoms with van der Waals surface area (Å²) >= 11 is 1.31. The molecule has 2 aliphatic heterocycles. The maximum Gasteiger partial charge on any atom is 0.263 e. The van der Waals surface area contributed by atoms with Crippen molar-refractivity contribution in [1.82, 2.24) is 14.6 Å². The predicted octanol–water partition coefficient (Wildman–Crippen LogP) is 1.94. The fourth-order valence-electron chi connectivity index (χ4n) is 4.03. The van der Waals surface area contributed by atoms with E-state index >= 15 is 0 Å². The van der Waals surface area contributed by atoms with Crippen molar-refractivity contribution >= 4 is 38.9 Å². The molecule has 0 bridgehead atoms. The molecule has 1 aromatic carbocycles. The molecule has 0 aliphatic carbocycles. The molecule has 2 amide bonds. The summed E-state index contributed by atoms with van der Waals surface area (Å²) in [5, 5.41) is 3.00. The summed E-state index contributed by atoms with van der Waals surface area (Å²) in [6.07, 6.45) is 1.78. The van der Waals surface area contributed by atoms with Gasteiger partial charge in [-0.05, 0) is 49.9 Å². The maximum atomic E-state index is 13.1. The minimum atomic E-state index is -3.61. The number of fused-ring (bicyclic) bond motifs is 1. The highest BCUT2D eigenvalue weighted by atomic mass is 32.2. The average molecular weight is 449 g/mol. The van der Waals surface area contributed by atoms with Crippen LogP contribution in [0.2, 0.25) is 0 Å². The third-order valence-corrected chi connectivity index (χ3v) is 8.53. The van der Waals surface area contributed by atoms with Crippen LogP contribution in [-0.2, 0) is 21.2 Å². The number of benzene rings is 1. The third-order valence-electron chi connectivity index (χ3n) is 5.71. The van der Waals surface area contributed by atoms with Crippen LogP contribution in [0.15, 0.2) is 28.6 Å². The van der Waals surface area contributed by atoms with Crippen LogP contribution >= 0.6 is 11.3 Å². The molecule has 2 aliphatic rings. The van der Waals surface area contributed by atoms with Crippen LogP contribution in [0.5, 0.6) is 0 Å². The predicted molar refractivity (Wildman–Crippen MR) is 114 cm³/mol. The topological polar surface area (TPSA) is 99.7 Å². The number of amides is 2. The highest BCUT2D eigenvalue weighted by molar-refractivity contribution is 7.89. The molecular formula is C20H24N4O4S2. The largest absolute Gasteiger partial charge is 0.348 e. The molecule has 2 aromatic rings. The van der Waals surface area contributed by atoms with E-state index in [2.05, 4.69) is 10.3 Å². The SMILES string of the molecule is CC(=O)N1CCc2cc(S(=O)(=O)N3CCC(NC(=O)c4scnc4C)CC3)ccc21. The molecule has 0 spiro atoms. The van der Waals surface area contributed by atoms with Crippen molar-refractivity contribution < 1.29 is 18.0 Å². The smallest absolute Gasteiger partial charge is 0.263 e. The van der Waals surface area contributed by atoms with Gasteiger partial charge in [0.1, 0.15) is 4.88 Å². The van der Waals surface area contributed by atoms with Crippen LogP contribution in [0, 0.1) is 6.92 Å². The number of sulfonamides is 1. The first kappa shape index (κ1) is 21.0. The summed E-state index contributed by atoms with van der Waals surface area (Å²) in [6.45, 7) is 4.60. The van der Waals surface area contributed by atoms with Crippen LogP contribution < -0.4 is 10.2 Å². The summed E-state index contributed by atoms with van der Waals surface area (Å²) < 4.78 is 27.7. The van der Waals surface area contributed by atoms with Gasteiger partial charge in [0.25, 0.3) is 5.91 Å². The molecule has 1 fully saturated rings. The standard InChI is InChI=1S/C20H24N4O4S2/c1-13-19(29-12-21-13)20(26)22-16-6-8-23(9-7-16)30(27,28)17-3-4-18-15(11-17)5-10-24(18)14(2)25/h3-4,11-12,16H,5-10H2,1-2H3,(H,22,26). The Kier molecular flexibility index (Phi) is 5.65. The van der Waals surface area contributed by atoms with Crippen LogP contribution in [0.25, 0.3) is 0 Å². The number of aryl methyl sites for hydroxylation is 1. The van der Waals surface area contributed by atoms with E-state index in [1.807, 2.05) is 0 Å². The van der Waals surface area contributed by atoms with E-state index in [1.54, 1.807) is 35.5 Å². The highest BCUT2D eigenvalue weighted by Gasteiger charge is 2.32. The van der Waals surface area contributed by atoms with E-state index in [9.17, 15) is 18.0 Å². The minimum absolute atomic E-state index is 0.0398. The number of piperidine rings is 1. The van der Waals surface area contributed by atoms with Gasteiger partial charge in [-0.3, -0.25) is 9.59 Å². The Labute approximate surface area is 180 Å². The molecule has 0 radical (unpaired) electrons. The van der Waals surface area contributed by atoms with E-state index in [1.165, 1.54) is 22.6 Å². The summed E-state index contributed by atoms with van der Waals surface area (Å²) in [7, 11) is -3.61. The van der Waals surface area contributed by atoms with Crippen molar-refractivity contribution in [3.63, 3.8) is 0 Å². The van der Waals surface area contributed by atoms with Crippen LogP contribution in [-0.4, -0.2) is 55.2 Å². The molecule has 4 rings (SSSR count). The molecule has 1 saturated heterocycles. The molecule has 0 unspecified atom stereocenters. The van der Waals surface area contributed by atoms with E-state index in [0.29, 0.717) is 49.5 Å². The number of hydrogen-bond acceptors (Lipinski definition) is 6.